The maximum absolute atomic E-state index is 6.04. The minimum atomic E-state index is 0.225. The molecule has 0 saturated heterocycles. The Balaban J connectivity index is 2.60. The Hall–Kier alpha value is -0.940. The summed E-state index contributed by atoms with van der Waals surface area (Å²) in [6, 6.07) is 1.72. The third kappa shape index (κ3) is 2.42. The summed E-state index contributed by atoms with van der Waals surface area (Å²) >= 11 is 9.54. The van der Waals surface area contributed by atoms with Gasteiger partial charge in [0, 0.05) is 12.0 Å². The monoisotopic (exact) mass is 328 g/mol. The van der Waals surface area contributed by atoms with Gasteiger partial charge in [-0.1, -0.05) is 25.4 Å². The third-order valence-electron chi connectivity index (χ3n) is 2.64. The van der Waals surface area contributed by atoms with E-state index in [2.05, 4.69) is 31.0 Å². The quantitative estimate of drug-likeness (QED) is 0.787. The summed E-state index contributed by atoms with van der Waals surface area (Å²) in [5, 5.41) is 4.88. The Bertz CT molecular complexity index is 592. The van der Waals surface area contributed by atoms with Crippen molar-refractivity contribution in [2.45, 2.75) is 33.6 Å². The fraction of sp³-hybridized carbons (Fsp3) is 0.417. The molecule has 0 aliphatic rings. The van der Waals surface area contributed by atoms with Gasteiger partial charge in [0.05, 0.1) is 15.9 Å². The summed E-state index contributed by atoms with van der Waals surface area (Å²) in [5.41, 5.74) is 1.92. The number of aryl methyl sites for hydroxylation is 1. The highest BCUT2D eigenvalue weighted by atomic mass is 79.9. The Kier molecular flexibility index (Phi) is 3.73. The van der Waals surface area contributed by atoms with Crippen molar-refractivity contribution < 1.29 is 0 Å². The van der Waals surface area contributed by atoms with Crippen LogP contribution in [0.4, 0.5) is 0 Å². The second-order valence-corrected chi connectivity index (χ2v) is 5.64. The van der Waals surface area contributed by atoms with Gasteiger partial charge < -0.3 is 0 Å². The normalized spacial score (nSPS) is 11.3. The largest absolute Gasteiger partial charge is 0.221 e. The molecule has 6 heteroatoms. The van der Waals surface area contributed by atoms with Crippen LogP contribution < -0.4 is 0 Å². The number of rotatable bonds is 2. The minimum Gasteiger partial charge on any atom is -0.221 e. The van der Waals surface area contributed by atoms with Crippen LogP contribution in [-0.2, 0) is 0 Å². The maximum Gasteiger partial charge on any atom is 0.158 e. The van der Waals surface area contributed by atoms with Gasteiger partial charge in [0.2, 0.25) is 0 Å². The predicted octanol–water partition coefficient (Wildman–Crippen LogP) is 3.82. The molecule has 18 heavy (non-hydrogen) atoms. The van der Waals surface area contributed by atoms with Gasteiger partial charge in [0.15, 0.2) is 5.82 Å². The summed E-state index contributed by atoms with van der Waals surface area (Å²) in [4.78, 5) is 8.72. The zero-order chi connectivity index (χ0) is 13.4. The highest BCUT2D eigenvalue weighted by Gasteiger charge is 2.14. The number of nitrogens with zero attached hydrogens (tertiary/aromatic N) is 4. The molecule has 2 aromatic heterocycles. The molecule has 0 aromatic carbocycles. The van der Waals surface area contributed by atoms with E-state index in [4.69, 9.17) is 11.6 Å². The molecule has 0 amide bonds. The van der Waals surface area contributed by atoms with Gasteiger partial charge in [0.1, 0.15) is 11.0 Å². The van der Waals surface area contributed by atoms with Gasteiger partial charge in [-0.25, -0.2) is 14.6 Å². The van der Waals surface area contributed by atoms with E-state index in [1.165, 1.54) is 0 Å². The third-order valence-corrected chi connectivity index (χ3v) is 3.98. The smallest absolute Gasteiger partial charge is 0.158 e. The van der Waals surface area contributed by atoms with Gasteiger partial charge in [-0.3, -0.25) is 0 Å². The molecule has 0 fully saturated rings. The fourth-order valence-corrected chi connectivity index (χ4v) is 2.07. The van der Waals surface area contributed by atoms with Crippen LogP contribution in [0.3, 0.4) is 0 Å². The van der Waals surface area contributed by atoms with E-state index in [1.54, 1.807) is 10.7 Å². The van der Waals surface area contributed by atoms with Crippen molar-refractivity contribution >= 4 is 27.5 Å². The van der Waals surface area contributed by atoms with Gasteiger partial charge >= 0.3 is 0 Å². The van der Waals surface area contributed by atoms with Crippen LogP contribution in [0.25, 0.3) is 5.82 Å². The summed E-state index contributed by atoms with van der Waals surface area (Å²) in [6.45, 7) is 7.99. The molecule has 0 bridgehead atoms. The van der Waals surface area contributed by atoms with Crippen LogP contribution >= 0.6 is 27.5 Å². The molecule has 0 aliphatic carbocycles. The van der Waals surface area contributed by atoms with Crippen LogP contribution in [0.2, 0.25) is 5.15 Å². The molecule has 2 heterocycles. The summed E-state index contributed by atoms with van der Waals surface area (Å²) in [5.74, 6) is 1.65. The van der Waals surface area contributed by atoms with Crippen LogP contribution in [-0.4, -0.2) is 19.7 Å². The predicted molar refractivity (Wildman–Crippen MR) is 75.4 cm³/mol. The van der Waals surface area contributed by atoms with E-state index in [0.29, 0.717) is 11.0 Å². The van der Waals surface area contributed by atoms with Crippen LogP contribution in [0, 0.1) is 13.8 Å². The molecule has 96 valence electrons. The Morgan fingerprint density at radius 2 is 1.94 bits per heavy atom. The first kappa shape index (κ1) is 13.5. The van der Waals surface area contributed by atoms with E-state index in [9.17, 15) is 0 Å². The summed E-state index contributed by atoms with van der Waals surface area (Å²) in [6.07, 6.45) is 0. The number of aromatic nitrogens is 4. The Morgan fingerprint density at radius 1 is 1.28 bits per heavy atom. The van der Waals surface area contributed by atoms with E-state index in [0.717, 1.165) is 21.7 Å². The SMILES string of the molecule is Cc1nn(-c2cc(Cl)nc(C(C)C)n2)c(C)c1Br. The lowest BCUT2D eigenvalue weighted by Crippen LogP contribution is -2.07. The van der Waals surface area contributed by atoms with Crippen molar-refractivity contribution in [1.82, 2.24) is 19.7 Å². The molecule has 0 spiro atoms. The number of halogens is 2. The van der Waals surface area contributed by atoms with Crippen molar-refractivity contribution in [2.75, 3.05) is 0 Å². The highest BCUT2D eigenvalue weighted by molar-refractivity contribution is 9.10. The van der Waals surface area contributed by atoms with Crippen LogP contribution in [0.15, 0.2) is 10.5 Å². The molecule has 2 rings (SSSR count). The van der Waals surface area contributed by atoms with E-state index in [-0.39, 0.29) is 5.92 Å². The van der Waals surface area contributed by atoms with E-state index >= 15 is 0 Å². The average Bonchev–Trinajstić information content (AvgIpc) is 2.56. The average molecular weight is 330 g/mol. The lowest BCUT2D eigenvalue weighted by atomic mass is 10.2. The number of hydrogen-bond acceptors (Lipinski definition) is 3. The molecule has 0 saturated carbocycles. The van der Waals surface area contributed by atoms with Crippen molar-refractivity contribution in [1.29, 1.82) is 0 Å². The van der Waals surface area contributed by atoms with Gasteiger partial charge in [0.25, 0.3) is 0 Å². The van der Waals surface area contributed by atoms with Gasteiger partial charge in [-0.05, 0) is 29.8 Å². The van der Waals surface area contributed by atoms with Crippen LogP contribution in [0.5, 0.6) is 0 Å². The first-order chi connectivity index (χ1) is 8.40. The topological polar surface area (TPSA) is 43.6 Å². The van der Waals surface area contributed by atoms with Crippen molar-refractivity contribution in [2.24, 2.45) is 0 Å². The first-order valence-corrected chi connectivity index (χ1v) is 6.83. The fourth-order valence-electron chi connectivity index (χ4n) is 1.64. The zero-order valence-electron chi connectivity index (χ0n) is 10.7. The number of hydrogen-bond donors (Lipinski definition) is 0. The van der Waals surface area contributed by atoms with Crippen molar-refractivity contribution in [3.05, 3.63) is 32.9 Å². The summed E-state index contributed by atoms with van der Waals surface area (Å²) in [7, 11) is 0. The van der Waals surface area contributed by atoms with Gasteiger partial charge in [-0.2, -0.15) is 5.10 Å². The molecule has 0 N–H and O–H groups in total. The standard InChI is InChI=1S/C12H14BrClN4/c1-6(2)12-15-9(14)5-10(16-12)18-8(4)11(13)7(3)17-18/h5-6H,1-4H3. The minimum absolute atomic E-state index is 0.225. The van der Waals surface area contributed by atoms with Crippen LogP contribution in [0.1, 0.15) is 37.0 Å². The molecule has 0 aliphatic heterocycles. The van der Waals surface area contributed by atoms with E-state index < -0.39 is 0 Å². The summed E-state index contributed by atoms with van der Waals surface area (Å²) < 4.78 is 2.77. The highest BCUT2D eigenvalue weighted by Crippen LogP contribution is 2.24. The van der Waals surface area contributed by atoms with Crippen molar-refractivity contribution in [3.63, 3.8) is 0 Å². The lowest BCUT2D eigenvalue weighted by molar-refractivity contribution is 0.735. The first-order valence-electron chi connectivity index (χ1n) is 5.66. The van der Waals surface area contributed by atoms with E-state index in [1.807, 2.05) is 27.7 Å². The second-order valence-electron chi connectivity index (χ2n) is 4.46. The Labute approximate surface area is 120 Å². The molecule has 4 nitrogen and oxygen atoms in total. The molecular formula is C12H14BrClN4. The van der Waals surface area contributed by atoms with Crippen molar-refractivity contribution in [3.8, 4) is 5.82 Å². The molecule has 0 radical (unpaired) electrons. The zero-order valence-corrected chi connectivity index (χ0v) is 13.0. The maximum atomic E-state index is 6.04. The lowest BCUT2D eigenvalue weighted by Gasteiger charge is -2.08. The second kappa shape index (κ2) is 4.97. The molecule has 0 atom stereocenters. The molecule has 0 unspecified atom stereocenters. The van der Waals surface area contributed by atoms with Gasteiger partial charge in [-0.15, -0.1) is 0 Å². The molecular weight excluding hydrogens is 316 g/mol. The Morgan fingerprint density at radius 3 is 2.44 bits per heavy atom. The molecule has 2 aromatic rings.